The Morgan fingerprint density at radius 2 is 1.96 bits per heavy atom. The van der Waals surface area contributed by atoms with Crippen LogP contribution in [0.3, 0.4) is 0 Å². The topological polar surface area (TPSA) is 108 Å². The van der Waals surface area contributed by atoms with Gasteiger partial charge in [0.2, 0.25) is 20.2 Å². The molecule has 0 aliphatic carbocycles. The Morgan fingerprint density at radius 1 is 1.21 bits per heavy atom. The summed E-state index contributed by atoms with van der Waals surface area (Å²) in [7, 11) is -3.69. The van der Waals surface area contributed by atoms with Gasteiger partial charge in [0, 0.05) is 18.1 Å². The van der Waals surface area contributed by atoms with Gasteiger partial charge in [-0.15, -0.1) is 0 Å². The molecule has 0 spiro atoms. The van der Waals surface area contributed by atoms with E-state index in [1.54, 1.807) is 35.0 Å². The van der Waals surface area contributed by atoms with Gasteiger partial charge in [-0.25, -0.2) is 13.3 Å². The third-order valence-electron chi connectivity index (χ3n) is 4.01. The molecule has 1 aromatic heterocycles. The molecule has 2 aliphatic rings. The van der Waals surface area contributed by atoms with Gasteiger partial charge in [0.25, 0.3) is 5.91 Å². The van der Waals surface area contributed by atoms with Crippen molar-refractivity contribution in [3.05, 3.63) is 58.9 Å². The fraction of sp³-hybridized carbons (Fsp3) is 0.0588. The highest BCUT2D eigenvalue weighted by Crippen LogP contribution is 2.30. The highest BCUT2D eigenvalue weighted by molar-refractivity contribution is 8.16. The molecule has 8 nitrogen and oxygen atoms in total. The number of aromatic nitrogens is 1. The second-order valence-corrected chi connectivity index (χ2v) is 8.98. The number of nitrogens with zero attached hydrogens (tertiary/aromatic N) is 4. The Kier molecular flexibility index (Phi) is 4.48. The maximum atomic E-state index is 12.5. The highest BCUT2D eigenvalue weighted by Gasteiger charge is 2.41. The molecule has 2 aliphatic heterocycles. The van der Waals surface area contributed by atoms with Crippen molar-refractivity contribution < 1.29 is 13.2 Å². The number of nitrogens with one attached hydrogen (secondary N) is 1. The van der Waals surface area contributed by atoms with E-state index in [1.165, 1.54) is 6.08 Å². The van der Waals surface area contributed by atoms with Crippen LogP contribution in [0.4, 0.5) is 0 Å². The number of sulfone groups is 1. The van der Waals surface area contributed by atoms with Gasteiger partial charge < -0.3 is 4.57 Å². The van der Waals surface area contributed by atoms with Gasteiger partial charge in [-0.3, -0.25) is 10.2 Å². The second kappa shape index (κ2) is 6.73. The molecule has 3 heterocycles. The Balaban J connectivity index is 1.80. The Bertz CT molecular complexity index is 1230. The van der Waals surface area contributed by atoms with Crippen molar-refractivity contribution in [2.45, 2.75) is 0 Å². The van der Waals surface area contributed by atoms with E-state index in [4.69, 9.17) is 17.0 Å². The third kappa shape index (κ3) is 3.09. The number of hydrogen-bond acceptors (Lipinski definition) is 6. The van der Waals surface area contributed by atoms with Crippen molar-refractivity contribution in [2.24, 2.45) is 9.39 Å². The van der Waals surface area contributed by atoms with E-state index >= 15 is 0 Å². The first-order valence-corrected chi connectivity index (χ1v) is 10.9. The summed E-state index contributed by atoms with van der Waals surface area (Å²) >= 11 is 7.02. The van der Waals surface area contributed by atoms with Crippen molar-refractivity contribution in [3.63, 3.8) is 0 Å². The molecule has 0 unspecified atom stereocenters. The Morgan fingerprint density at radius 3 is 2.68 bits per heavy atom. The normalized spacial score (nSPS) is 18.4. The largest absolute Gasteiger partial charge is 0.316 e. The fourth-order valence-electron chi connectivity index (χ4n) is 2.76. The zero-order valence-corrected chi connectivity index (χ0v) is 16.7. The number of benzene rings is 1. The SMILES string of the molecule is CS(=O)(=O)C1=NSC2=NC(=O)C(=Cc3cccn3-c3ccccc3Cl)C(=N)N21. The first-order chi connectivity index (χ1) is 13.3. The van der Waals surface area contributed by atoms with Gasteiger partial charge in [-0.1, -0.05) is 23.7 Å². The minimum Gasteiger partial charge on any atom is -0.316 e. The summed E-state index contributed by atoms with van der Waals surface area (Å²) in [6.45, 7) is 0. The van der Waals surface area contributed by atoms with E-state index in [9.17, 15) is 13.2 Å². The molecular formula is C17H12ClN5O3S2. The minimum atomic E-state index is -3.69. The zero-order valence-electron chi connectivity index (χ0n) is 14.3. The molecule has 4 rings (SSSR count). The number of hydrogen-bond donors (Lipinski definition) is 1. The number of rotatable bonds is 2. The number of amidine groups is 3. The molecular weight excluding hydrogens is 422 g/mol. The van der Waals surface area contributed by atoms with E-state index in [2.05, 4.69) is 9.39 Å². The third-order valence-corrected chi connectivity index (χ3v) is 6.08. The van der Waals surface area contributed by atoms with E-state index in [1.807, 2.05) is 12.1 Å². The number of amides is 1. The summed E-state index contributed by atoms with van der Waals surface area (Å²) in [5, 5.41) is 8.65. The average Bonchev–Trinajstić information content (AvgIpc) is 3.25. The molecule has 1 aromatic carbocycles. The monoisotopic (exact) mass is 433 g/mol. The number of aliphatic imine (C=N–C) groups is 1. The van der Waals surface area contributed by atoms with Crippen LogP contribution in [0.2, 0.25) is 5.02 Å². The summed E-state index contributed by atoms with van der Waals surface area (Å²) in [6.07, 6.45) is 4.25. The lowest BCUT2D eigenvalue weighted by Crippen LogP contribution is -2.45. The molecule has 0 atom stereocenters. The number of carbonyl (C=O) groups excluding carboxylic acids is 1. The van der Waals surface area contributed by atoms with Crippen LogP contribution in [0.5, 0.6) is 0 Å². The lowest BCUT2D eigenvalue weighted by Gasteiger charge is -2.24. The standard InChI is InChI=1S/C17H12ClN5O3S2/c1-28(25,26)17-21-27-16-20-15(24)11(14(19)23(16)17)9-10-5-4-8-22(10)13-7-3-2-6-12(13)18/h2-9,19H,1H3. The van der Waals surface area contributed by atoms with Crippen LogP contribution >= 0.6 is 23.5 Å². The molecule has 1 N–H and O–H groups in total. The van der Waals surface area contributed by atoms with Crippen LogP contribution in [0.1, 0.15) is 5.69 Å². The van der Waals surface area contributed by atoms with E-state index < -0.39 is 15.7 Å². The van der Waals surface area contributed by atoms with Crippen LogP contribution in [-0.4, -0.2) is 46.2 Å². The van der Waals surface area contributed by atoms with Gasteiger partial charge in [-0.05, 0) is 30.3 Å². The predicted octanol–water partition coefficient (Wildman–Crippen LogP) is 2.75. The fourth-order valence-corrected chi connectivity index (χ4v) is 4.84. The molecule has 0 saturated carbocycles. The molecule has 0 bridgehead atoms. The minimum absolute atomic E-state index is 0.0467. The molecule has 2 aromatic rings. The highest BCUT2D eigenvalue weighted by atomic mass is 35.5. The first-order valence-electron chi connectivity index (χ1n) is 7.88. The number of halogens is 1. The Hall–Kier alpha value is -2.69. The van der Waals surface area contributed by atoms with Crippen molar-refractivity contribution in [2.75, 3.05) is 6.26 Å². The molecule has 142 valence electrons. The van der Waals surface area contributed by atoms with Gasteiger partial charge >= 0.3 is 0 Å². The first kappa shape index (κ1) is 18.7. The molecule has 1 amide bonds. The van der Waals surface area contributed by atoms with Gasteiger partial charge in [0.05, 0.1) is 28.2 Å². The van der Waals surface area contributed by atoms with Crippen LogP contribution in [0.25, 0.3) is 11.8 Å². The van der Waals surface area contributed by atoms with Crippen LogP contribution in [0, 0.1) is 5.41 Å². The van der Waals surface area contributed by atoms with Crippen LogP contribution in [-0.2, 0) is 14.6 Å². The average molecular weight is 434 g/mol. The summed E-state index contributed by atoms with van der Waals surface area (Å²) in [6, 6.07) is 10.7. The van der Waals surface area contributed by atoms with Crippen LogP contribution < -0.4 is 0 Å². The maximum absolute atomic E-state index is 12.5. The van der Waals surface area contributed by atoms with Gasteiger partial charge in [-0.2, -0.15) is 9.39 Å². The number of para-hydroxylation sites is 1. The van der Waals surface area contributed by atoms with Gasteiger partial charge in [0.1, 0.15) is 5.84 Å². The quantitative estimate of drug-likeness (QED) is 0.578. The summed E-state index contributed by atoms with van der Waals surface area (Å²) in [4.78, 5) is 17.4. The van der Waals surface area contributed by atoms with Crippen molar-refractivity contribution in [3.8, 4) is 5.69 Å². The van der Waals surface area contributed by atoms with Crippen molar-refractivity contribution >= 4 is 61.5 Å². The predicted molar refractivity (Wildman–Crippen MR) is 111 cm³/mol. The molecule has 0 radical (unpaired) electrons. The molecule has 0 fully saturated rings. The van der Waals surface area contributed by atoms with Crippen LogP contribution in [0.15, 0.2) is 57.6 Å². The van der Waals surface area contributed by atoms with Gasteiger partial charge in [0.15, 0.2) is 0 Å². The van der Waals surface area contributed by atoms with E-state index in [-0.39, 0.29) is 21.7 Å². The molecule has 0 saturated heterocycles. The smallest absolute Gasteiger partial charge is 0.283 e. The van der Waals surface area contributed by atoms with Crippen molar-refractivity contribution in [1.82, 2.24) is 9.47 Å². The Labute approximate surface area is 169 Å². The summed E-state index contributed by atoms with van der Waals surface area (Å²) in [5.41, 5.74) is 1.24. The van der Waals surface area contributed by atoms with E-state index in [0.29, 0.717) is 16.4 Å². The van der Waals surface area contributed by atoms with E-state index in [0.717, 1.165) is 23.1 Å². The lowest BCUT2D eigenvalue weighted by atomic mass is 10.1. The summed E-state index contributed by atoms with van der Waals surface area (Å²) < 4.78 is 29.5. The lowest BCUT2D eigenvalue weighted by molar-refractivity contribution is -0.114. The summed E-state index contributed by atoms with van der Waals surface area (Å²) in [5.74, 6) is -0.934. The maximum Gasteiger partial charge on any atom is 0.283 e. The van der Waals surface area contributed by atoms with Crippen molar-refractivity contribution in [1.29, 1.82) is 5.41 Å². The molecule has 28 heavy (non-hydrogen) atoms. The molecule has 11 heteroatoms. The second-order valence-electron chi connectivity index (χ2n) is 5.93. The number of fused-ring (bicyclic) bond motifs is 1. The zero-order chi connectivity index (χ0) is 20.1. The number of carbonyl (C=O) groups is 1.